The number of hydrogen-bond acceptors (Lipinski definition) is 4. The molecule has 0 amide bonds. The van der Waals surface area contributed by atoms with E-state index in [9.17, 15) is 14.7 Å². The Labute approximate surface area is 180 Å². The Bertz CT molecular complexity index is 1070. The number of halogens is 1. The lowest BCUT2D eigenvalue weighted by Crippen LogP contribution is -2.59. The van der Waals surface area contributed by atoms with E-state index in [0.717, 1.165) is 43.4 Å². The number of rotatable bonds is 5. The van der Waals surface area contributed by atoms with E-state index in [1.807, 2.05) is 31.2 Å². The molecule has 4 aliphatic carbocycles. The van der Waals surface area contributed by atoms with Crippen LogP contribution in [0.25, 0.3) is 0 Å². The van der Waals surface area contributed by atoms with Gasteiger partial charge in [0.1, 0.15) is 5.02 Å². The molecule has 2 unspecified atom stereocenters. The summed E-state index contributed by atoms with van der Waals surface area (Å²) in [4.78, 5) is 24.9. The highest BCUT2D eigenvalue weighted by Crippen LogP contribution is 2.65. The highest BCUT2D eigenvalue weighted by Gasteiger charge is 2.59. The van der Waals surface area contributed by atoms with Crippen LogP contribution >= 0.6 is 11.6 Å². The van der Waals surface area contributed by atoms with Crippen LogP contribution in [0, 0.1) is 24.2 Å². The van der Waals surface area contributed by atoms with Gasteiger partial charge >= 0.3 is 5.97 Å². The molecule has 0 saturated heterocycles. The van der Waals surface area contributed by atoms with Crippen LogP contribution in [0.5, 0.6) is 0 Å². The maximum atomic E-state index is 13.3. The highest BCUT2D eigenvalue weighted by atomic mass is 35.5. The molecular weight excluding hydrogens is 402 g/mol. The summed E-state index contributed by atoms with van der Waals surface area (Å²) in [6.07, 6.45) is 7.33. The summed E-state index contributed by atoms with van der Waals surface area (Å²) >= 11 is 6.52. The van der Waals surface area contributed by atoms with Crippen LogP contribution in [0.3, 0.4) is 0 Å². The number of aliphatic carboxylic acids is 1. The monoisotopic (exact) mass is 427 g/mol. The van der Waals surface area contributed by atoms with E-state index in [4.69, 9.17) is 11.6 Å². The number of carboxylic acids is 1. The Balaban J connectivity index is 1.51. The molecule has 1 aromatic heterocycles. The summed E-state index contributed by atoms with van der Waals surface area (Å²) < 4.78 is 1.59. The standard InChI is InChI=1S/C23H26ClN3O3/c1-14-3-2-4-17(5-14)26-18-12-25-27(21(30)20(18)24)23-9-15-6-16(10-23)8-22(7-15,13-23)11-19(28)29/h2-5,12,15-16,26H,6-11,13H2,1H3,(H,28,29)/t15-,16+,22?,23?. The van der Waals surface area contributed by atoms with Gasteiger partial charge in [0.2, 0.25) is 0 Å². The summed E-state index contributed by atoms with van der Waals surface area (Å²) in [5, 5.41) is 17.4. The molecule has 158 valence electrons. The lowest BCUT2D eigenvalue weighted by atomic mass is 9.46. The molecule has 6 rings (SSSR count). The third kappa shape index (κ3) is 3.22. The molecule has 4 fully saturated rings. The number of carboxylic acid groups (broad SMARTS) is 1. The van der Waals surface area contributed by atoms with Crippen molar-refractivity contribution in [2.75, 3.05) is 5.32 Å². The molecule has 0 radical (unpaired) electrons. The van der Waals surface area contributed by atoms with Gasteiger partial charge in [-0.25, -0.2) is 4.68 Å². The number of benzene rings is 1. The van der Waals surface area contributed by atoms with E-state index in [1.165, 1.54) is 0 Å². The maximum Gasteiger partial charge on any atom is 0.303 e. The molecule has 4 saturated carbocycles. The second-order valence-electron chi connectivity index (χ2n) is 9.84. The van der Waals surface area contributed by atoms with Gasteiger partial charge in [-0.2, -0.15) is 5.10 Å². The molecule has 30 heavy (non-hydrogen) atoms. The second-order valence-corrected chi connectivity index (χ2v) is 10.2. The molecule has 2 N–H and O–H groups in total. The lowest BCUT2D eigenvalue weighted by molar-refractivity contribution is -0.151. The zero-order valence-electron chi connectivity index (χ0n) is 17.0. The Hall–Kier alpha value is -2.34. The minimum Gasteiger partial charge on any atom is -0.481 e. The molecule has 6 nitrogen and oxygen atoms in total. The molecule has 4 aliphatic rings. The highest BCUT2D eigenvalue weighted by molar-refractivity contribution is 6.33. The summed E-state index contributed by atoms with van der Waals surface area (Å²) in [7, 11) is 0. The molecule has 1 heterocycles. The van der Waals surface area contributed by atoms with E-state index < -0.39 is 11.5 Å². The van der Waals surface area contributed by atoms with Crippen LogP contribution in [0.1, 0.15) is 50.5 Å². The molecule has 4 atom stereocenters. The first-order valence-electron chi connectivity index (χ1n) is 10.6. The van der Waals surface area contributed by atoms with Crippen molar-refractivity contribution in [2.45, 2.75) is 57.4 Å². The zero-order valence-corrected chi connectivity index (χ0v) is 17.8. The van der Waals surface area contributed by atoms with Crippen LogP contribution in [0.2, 0.25) is 5.02 Å². The number of carbonyl (C=O) groups is 1. The van der Waals surface area contributed by atoms with Crippen molar-refractivity contribution in [1.29, 1.82) is 0 Å². The summed E-state index contributed by atoms with van der Waals surface area (Å²) in [5.74, 6) is 0.175. The van der Waals surface area contributed by atoms with Crippen molar-refractivity contribution in [3.05, 3.63) is 51.4 Å². The number of anilines is 2. The molecule has 1 aromatic carbocycles. The summed E-state index contributed by atoms with van der Waals surface area (Å²) in [5.41, 5.74) is 1.53. The van der Waals surface area contributed by atoms with Gasteiger partial charge in [-0.1, -0.05) is 23.7 Å². The van der Waals surface area contributed by atoms with Crippen molar-refractivity contribution in [1.82, 2.24) is 9.78 Å². The maximum absolute atomic E-state index is 13.3. The molecular formula is C23H26ClN3O3. The van der Waals surface area contributed by atoms with Gasteiger partial charge in [-0.15, -0.1) is 0 Å². The zero-order chi connectivity index (χ0) is 21.1. The van der Waals surface area contributed by atoms with Crippen LogP contribution in [-0.4, -0.2) is 20.9 Å². The van der Waals surface area contributed by atoms with E-state index in [-0.39, 0.29) is 22.4 Å². The topological polar surface area (TPSA) is 84.2 Å². The third-order valence-corrected chi connectivity index (χ3v) is 7.71. The molecule has 7 heteroatoms. The predicted octanol–water partition coefficient (Wildman–Crippen LogP) is 4.72. The summed E-state index contributed by atoms with van der Waals surface area (Å²) in [6, 6.07) is 7.85. The van der Waals surface area contributed by atoms with E-state index in [0.29, 0.717) is 23.9 Å². The number of nitrogens with one attached hydrogen (secondary N) is 1. The average Bonchev–Trinajstić information content (AvgIpc) is 2.63. The van der Waals surface area contributed by atoms with Crippen LogP contribution < -0.4 is 10.9 Å². The van der Waals surface area contributed by atoms with E-state index >= 15 is 0 Å². The van der Waals surface area contributed by atoms with Crippen LogP contribution in [-0.2, 0) is 10.3 Å². The van der Waals surface area contributed by atoms with Gasteiger partial charge in [0.25, 0.3) is 5.56 Å². The third-order valence-electron chi connectivity index (χ3n) is 7.34. The minimum atomic E-state index is -0.747. The molecule has 4 bridgehead atoms. The first-order valence-corrected chi connectivity index (χ1v) is 11.0. The predicted molar refractivity (Wildman–Crippen MR) is 115 cm³/mol. The molecule has 0 spiro atoms. The minimum absolute atomic E-state index is 0.134. The quantitative estimate of drug-likeness (QED) is 0.721. The van der Waals surface area contributed by atoms with Crippen molar-refractivity contribution >= 4 is 28.9 Å². The van der Waals surface area contributed by atoms with Crippen molar-refractivity contribution in [2.24, 2.45) is 17.3 Å². The Morgan fingerprint density at radius 1 is 1.30 bits per heavy atom. The van der Waals surface area contributed by atoms with Gasteiger partial charge in [0.15, 0.2) is 0 Å². The first kappa shape index (κ1) is 19.6. The van der Waals surface area contributed by atoms with Crippen molar-refractivity contribution in [3.8, 4) is 0 Å². The Morgan fingerprint density at radius 2 is 2.03 bits per heavy atom. The van der Waals surface area contributed by atoms with Crippen LogP contribution in [0.15, 0.2) is 35.3 Å². The fourth-order valence-corrected chi connectivity index (χ4v) is 7.09. The number of nitrogens with zero attached hydrogens (tertiary/aromatic N) is 2. The van der Waals surface area contributed by atoms with Crippen molar-refractivity contribution < 1.29 is 9.90 Å². The smallest absolute Gasteiger partial charge is 0.303 e. The van der Waals surface area contributed by atoms with Gasteiger partial charge in [0, 0.05) is 5.69 Å². The van der Waals surface area contributed by atoms with Crippen molar-refractivity contribution in [3.63, 3.8) is 0 Å². The van der Waals surface area contributed by atoms with E-state index in [2.05, 4.69) is 10.4 Å². The largest absolute Gasteiger partial charge is 0.481 e. The summed E-state index contributed by atoms with van der Waals surface area (Å²) in [6.45, 7) is 2.00. The van der Waals surface area contributed by atoms with E-state index in [1.54, 1.807) is 10.9 Å². The fourth-order valence-electron chi connectivity index (χ4n) is 6.91. The SMILES string of the molecule is Cc1cccc(Nc2cnn(C34C[C@@H]5C[C@@H](CC(CC(=O)O)(C5)C3)C4)c(=O)c2Cl)c1. The molecule has 0 aliphatic heterocycles. The average molecular weight is 428 g/mol. The van der Waals surface area contributed by atoms with Crippen LogP contribution in [0.4, 0.5) is 11.4 Å². The lowest BCUT2D eigenvalue weighted by Gasteiger charge is -2.61. The fraction of sp³-hybridized carbons (Fsp3) is 0.522. The normalized spacial score (nSPS) is 31.7. The van der Waals surface area contributed by atoms with Gasteiger partial charge < -0.3 is 10.4 Å². The number of aryl methyl sites for hydroxylation is 1. The number of hydrogen-bond donors (Lipinski definition) is 2. The second kappa shape index (κ2) is 6.84. The van der Waals surface area contributed by atoms with Gasteiger partial charge in [-0.05, 0) is 80.4 Å². The van der Waals surface area contributed by atoms with Gasteiger partial charge in [0.05, 0.1) is 23.8 Å². The first-order chi connectivity index (χ1) is 14.3. The molecule has 2 aromatic rings. The van der Waals surface area contributed by atoms with Gasteiger partial charge in [-0.3, -0.25) is 9.59 Å². The Morgan fingerprint density at radius 3 is 2.70 bits per heavy atom. The Kier molecular flexibility index (Phi) is 4.47. The number of aromatic nitrogens is 2.